The van der Waals surface area contributed by atoms with Gasteiger partial charge in [-0.2, -0.15) is 0 Å². The number of hydrogen-bond acceptors (Lipinski definition) is 4. The topological polar surface area (TPSA) is 90.5 Å². The number of halogens is 2. The number of nitrogens with one attached hydrogen (secondary N) is 3. The van der Waals surface area contributed by atoms with Crippen LogP contribution in [0.4, 0.5) is 11.4 Å². The van der Waals surface area contributed by atoms with Crippen molar-refractivity contribution in [3.63, 3.8) is 0 Å². The van der Waals surface area contributed by atoms with E-state index in [1.807, 2.05) is 47.4 Å². The molecule has 42 heavy (non-hydrogen) atoms. The van der Waals surface area contributed by atoms with Gasteiger partial charge in [-0.25, -0.2) is 0 Å². The first kappa shape index (κ1) is 28.1. The number of piperidine rings is 2. The molecule has 0 saturated carbocycles. The molecule has 7 nitrogen and oxygen atoms in total. The SMILES string of the molecule is C#Cc1ccc(NC2CCN(C(C)=O)CC2)c([C@H]2NC(=O)C[C@@H](c3cccc(Cl)c3)[C@]23C(=O)Nc2cc(Cl)ccc23)c1. The maximum Gasteiger partial charge on any atom is 0.238 e. The van der Waals surface area contributed by atoms with Gasteiger partial charge in [0.25, 0.3) is 0 Å². The monoisotopic (exact) mass is 600 g/mol. The molecule has 2 fully saturated rings. The van der Waals surface area contributed by atoms with Gasteiger partial charge >= 0.3 is 0 Å². The molecular weight excluding hydrogens is 571 g/mol. The van der Waals surface area contributed by atoms with Crippen LogP contribution in [0.1, 0.15) is 60.4 Å². The van der Waals surface area contributed by atoms with E-state index in [-0.39, 0.29) is 30.2 Å². The fraction of sp³-hybridized carbons (Fsp3) is 0.303. The summed E-state index contributed by atoms with van der Waals surface area (Å²) in [6.45, 7) is 2.90. The molecule has 0 radical (unpaired) electrons. The Morgan fingerprint density at radius 1 is 1.05 bits per heavy atom. The number of fused-ring (bicyclic) bond motifs is 2. The number of rotatable bonds is 4. The summed E-state index contributed by atoms with van der Waals surface area (Å²) in [6.07, 6.45) is 7.48. The number of amides is 3. The molecule has 0 bridgehead atoms. The molecule has 6 rings (SSSR count). The summed E-state index contributed by atoms with van der Waals surface area (Å²) in [7, 11) is 0. The number of anilines is 2. The van der Waals surface area contributed by atoms with E-state index in [2.05, 4.69) is 21.9 Å². The molecule has 0 unspecified atom stereocenters. The second-order valence-corrected chi connectivity index (χ2v) is 12.1. The average Bonchev–Trinajstić information content (AvgIpc) is 3.25. The molecule has 3 heterocycles. The summed E-state index contributed by atoms with van der Waals surface area (Å²) in [5.41, 5.74) is 3.06. The van der Waals surface area contributed by atoms with Crippen LogP contribution in [0.15, 0.2) is 60.7 Å². The van der Waals surface area contributed by atoms with Gasteiger partial charge in [0, 0.05) is 70.9 Å². The number of terminal acetylenes is 1. The number of carbonyl (C=O) groups excluding carboxylic acids is 3. The van der Waals surface area contributed by atoms with Crippen molar-refractivity contribution in [2.24, 2.45) is 0 Å². The van der Waals surface area contributed by atoms with E-state index >= 15 is 0 Å². The molecule has 3 aliphatic heterocycles. The highest BCUT2D eigenvalue weighted by atomic mass is 35.5. The fourth-order valence-electron chi connectivity index (χ4n) is 6.85. The van der Waals surface area contributed by atoms with Crippen LogP contribution in [0.3, 0.4) is 0 Å². The molecule has 9 heteroatoms. The van der Waals surface area contributed by atoms with E-state index in [9.17, 15) is 14.4 Å². The van der Waals surface area contributed by atoms with E-state index in [1.54, 1.807) is 25.1 Å². The number of nitrogens with zero attached hydrogens (tertiary/aromatic N) is 1. The molecule has 3 aromatic carbocycles. The first-order valence-corrected chi connectivity index (χ1v) is 14.7. The molecule has 1 spiro atoms. The van der Waals surface area contributed by atoms with Crippen LogP contribution in [0, 0.1) is 12.3 Å². The first-order chi connectivity index (χ1) is 20.2. The predicted molar refractivity (Wildman–Crippen MR) is 165 cm³/mol. The van der Waals surface area contributed by atoms with E-state index in [0.717, 1.165) is 35.2 Å². The van der Waals surface area contributed by atoms with Crippen LogP contribution in [0.25, 0.3) is 0 Å². The summed E-state index contributed by atoms with van der Waals surface area (Å²) in [5, 5.41) is 10.9. The quantitative estimate of drug-likeness (QED) is 0.338. The van der Waals surface area contributed by atoms with Gasteiger partial charge in [-0.1, -0.05) is 47.3 Å². The van der Waals surface area contributed by atoms with Crippen molar-refractivity contribution in [1.29, 1.82) is 0 Å². The Morgan fingerprint density at radius 3 is 2.52 bits per heavy atom. The minimum absolute atomic E-state index is 0.0671. The zero-order valence-corrected chi connectivity index (χ0v) is 24.6. The molecule has 0 aliphatic carbocycles. The normalized spacial score (nSPS) is 23.6. The Labute approximate surface area is 255 Å². The third-order valence-corrected chi connectivity index (χ3v) is 9.30. The van der Waals surface area contributed by atoms with Gasteiger partial charge in [-0.05, 0) is 66.4 Å². The summed E-state index contributed by atoms with van der Waals surface area (Å²) in [6, 6.07) is 17.7. The van der Waals surface area contributed by atoms with Gasteiger partial charge in [0.1, 0.15) is 5.41 Å². The van der Waals surface area contributed by atoms with Gasteiger partial charge in [-0.3, -0.25) is 14.4 Å². The van der Waals surface area contributed by atoms with Crippen molar-refractivity contribution in [2.75, 3.05) is 23.7 Å². The van der Waals surface area contributed by atoms with Crippen molar-refractivity contribution in [1.82, 2.24) is 10.2 Å². The van der Waals surface area contributed by atoms with Crippen LogP contribution in [0.2, 0.25) is 10.0 Å². The minimum atomic E-state index is -1.22. The Balaban J connectivity index is 1.52. The van der Waals surface area contributed by atoms with Crippen molar-refractivity contribution in [3.05, 3.63) is 93.0 Å². The zero-order chi connectivity index (χ0) is 29.6. The molecular formula is C33H30Cl2N4O3. The number of likely N-dealkylation sites (tertiary alicyclic amines) is 1. The Morgan fingerprint density at radius 2 is 1.81 bits per heavy atom. The third kappa shape index (κ3) is 4.79. The molecule has 3 aromatic rings. The molecule has 3 atom stereocenters. The molecule has 214 valence electrons. The Kier molecular flexibility index (Phi) is 7.38. The third-order valence-electron chi connectivity index (χ3n) is 8.83. The van der Waals surface area contributed by atoms with Gasteiger partial charge < -0.3 is 20.9 Å². The van der Waals surface area contributed by atoms with Gasteiger partial charge in [-0.15, -0.1) is 6.42 Å². The highest BCUT2D eigenvalue weighted by molar-refractivity contribution is 6.31. The number of hydrogen-bond donors (Lipinski definition) is 3. The molecule has 0 aromatic heterocycles. The molecule has 3 aliphatic rings. The second kappa shape index (κ2) is 11.0. The minimum Gasteiger partial charge on any atom is -0.382 e. The summed E-state index contributed by atoms with van der Waals surface area (Å²) < 4.78 is 0. The fourth-order valence-corrected chi connectivity index (χ4v) is 7.22. The lowest BCUT2D eigenvalue weighted by atomic mass is 9.59. The maximum absolute atomic E-state index is 14.4. The lowest BCUT2D eigenvalue weighted by Crippen LogP contribution is -2.57. The standard InChI is InChI=1S/C33H30Cl2N4O3/c1-3-20-7-10-28(36-24-11-13-39(14-12-24)19(2)40)25(15-20)31-33(26-9-8-23(35)17-29(26)37-32(33)42)27(18-30(41)38-31)21-5-4-6-22(34)16-21/h1,4-10,15-17,24,27,31,36H,11-14,18H2,2H3,(H,37,42)(H,38,41)/t27-,31+,33-/m0/s1. The number of carbonyl (C=O) groups is 3. The Bertz CT molecular complexity index is 1640. The lowest BCUT2D eigenvalue weighted by molar-refractivity contribution is -0.131. The summed E-state index contributed by atoms with van der Waals surface area (Å²) >= 11 is 12.8. The van der Waals surface area contributed by atoms with E-state index in [1.165, 1.54) is 0 Å². The highest BCUT2D eigenvalue weighted by Crippen LogP contribution is 2.58. The zero-order valence-electron chi connectivity index (χ0n) is 23.0. The van der Waals surface area contributed by atoms with Crippen LogP contribution in [-0.2, 0) is 19.8 Å². The predicted octanol–water partition coefficient (Wildman–Crippen LogP) is 5.63. The van der Waals surface area contributed by atoms with E-state index in [0.29, 0.717) is 34.4 Å². The number of benzene rings is 3. The van der Waals surface area contributed by atoms with Crippen LogP contribution in [0.5, 0.6) is 0 Å². The van der Waals surface area contributed by atoms with Gasteiger partial charge in [0.05, 0.1) is 6.04 Å². The molecule has 3 amide bonds. The van der Waals surface area contributed by atoms with E-state index in [4.69, 9.17) is 29.6 Å². The second-order valence-electron chi connectivity index (χ2n) is 11.2. The maximum atomic E-state index is 14.4. The smallest absolute Gasteiger partial charge is 0.238 e. The van der Waals surface area contributed by atoms with E-state index < -0.39 is 17.4 Å². The highest BCUT2D eigenvalue weighted by Gasteiger charge is 2.61. The Hall–Kier alpha value is -3.99. The van der Waals surface area contributed by atoms with Crippen LogP contribution in [-0.4, -0.2) is 41.8 Å². The molecule has 2 saturated heterocycles. The lowest BCUT2D eigenvalue weighted by Gasteiger charge is -2.47. The van der Waals surface area contributed by atoms with Crippen molar-refractivity contribution < 1.29 is 14.4 Å². The average molecular weight is 602 g/mol. The van der Waals surface area contributed by atoms with Gasteiger partial charge in [0.15, 0.2) is 0 Å². The van der Waals surface area contributed by atoms with Crippen molar-refractivity contribution >= 4 is 52.3 Å². The summed E-state index contributed by atoms with van der Waals surface area (Å²) in [5.74, 6) is 1.83. The largest absolute Gasteiger partial charge is 0.382 e. The van der Waals surface area contributed by atoms with Crippen LogP contribution >= 0.6 is 23.2 Å². The van der Waals surface area contributed by atoms with Gasteiger partial charge in [0.2, 0.25) is 17.7 Å². The van der Waals surface area contributed by atoms with Crippen molar-refractivity contribution in [2.45, 2.75) is 49.6 Å². The van der Waals surface area contributed by atoms with Crippen LogP contribution < -0.4 is 16.0 Å². The van der Waals surface area contributed by atoms with Crippen molar-refractivity contribution in [3.8, 4) is 12.3 Å². The summed E-state index contributed by atoms with van der Waals surface area (Å²) in [4.78, 5) is 41.6. The first-order valence-electron chi connectivity index (χ1n) is 14.0. The molecule has 3 N–H and O–H groups in total.